The second-order valence-electron chi connectivity index (χ2n) is 7.69. The maximum atomic E-state index is 13.2. The van der Waals surface area contributed by atoms with Crippen LogP contribution in [-0.4, -0.2) is 57.6 Å². The van der Waals surface area contributed by atoms with Gasteiger partial charge in [0, 0.05) is 56.9 Å². The van der Waals surface area contributed by atoms with E-state index in [-0.39, 0.29) is 17.7 Å². The van der Waals surface area contributed by atoms with E-state index < -0.39 is 0 Å². The molecular weight excluding hydrogens is 464 g/mol. The Balaban J connectivity index is 1.38. The van der Waals surface area contributed by atoms with Gasteiger partial charge < -0.3 is 14.6 Å². The average molecular weight is 489 g/mol. The molecular formula is C22H25ClN6O3S. The fourth-order valence-corrected chi connectivity index (χ4v) is 4.47. The molecule has 0 aliphatic carbocycles. The third-order valence-corrected chi connectivity index (χ3v) is 6.55. The maximum absolute atomic E-state index is 13.2. The molecule has 1 N–H and O–H groups in total. The van der Waals surface area contributed by atoms with Crippen LogP contribution in [0.5, 0.6) is 0 Å². The van der Waals surface area contributed by atoms with Crippen LogP contribution in [-0.2, 0) is 22.5 Å². The molecule has 33 heavy (non-hydrogen) atoms. The summed E-state index contributed by atoms with van der Waals surface area (Å²) in [4.78, 5) is 40.6. The Morgan fingerprint density at radius 2 is 2.21 bits per heavy atom. The van der Waals surface area contributed by atoms with Gasteiger partial charge in [-0.05, 0) is 25.0 Å². The van der Waals surface area contributed by atoms with Gasteiger partial charge in [0.15, 0.2) is 5.13 Å². The summed E-state index contributed by atoms with van der Waals surface area (Å²) in [6.07, 6.45) is 10.5. The fourth-order valence-electron chi connectivity index (χ4n) is 3.49. The summed E-state index contributed by atoms with van der Waals surface area (Å²) in [7, 11) is 0. The van der Waals surface area contributed by atoms with Crippen LogP contribution in [0.25, 0.3) is 0 Å². The van der Waals surface area contributed by atoms with E-state index in [2.05, 4.69) is 20.3 Å². The molecule has 1 saturated heterocycles. The molecule has 1 aliphatic heterocycles. The van der Waals surface area contributed by atoms with E-state index in [9.17, 15) is 9.59 Å². The van der Waals surface area contributed by atoms with Crippen molar-refractivity contribution in [2.75, 3.05) is 31.2 Å². The largest absolute Gasteiger partial charge is 0.381 e. The van der Waals surface area contributed by atoms with Crippen LogP contribution in [0.15, 0.2) is 43.2 Å². The van der Waals surface area contributed by atoms with E-state index in [0.29, 0.717) is 54.2 Å². The second-order valence-corrected chi connectivity index (χ2v) is 9.13. The Labute approximate surface area is 200 Å². The van der Waals surface area contributed by atoms with E-state index in [1.807, 2.05) is 16.8 Å². The zero-order valence-electron chi connectivity index (χ0n) is 18.0. The fraction of sp³-hybridized carbons (Fsp3) is 0.409. The SMILES string of the molecule is O=C(NCCCn1ccnc1)c1cnc(N(CCc2ccc(Cl)cn2)C(=O)C2CCOC2)s1. The molecule has 2 amide bonds. The molecule has 3 aromatic heterocycles. The van der Waals surface area contributed by atoms with Gasteiger partial charge in [-0.15, -0.1) is 0 Å². The number of ether oxygens (including phenoxy) is 1. The number of aromatic nitrogens is 4. The van der Waals surface area contributed by atoms with Crippen LogP contribution in [0, 0.1) is 5.92 Å². The van der Waals surface area contributed by atoms with Crippen LogP contribution < -0.4 is 10.2 Å². The maximum Gasteiger partial charge on any atom is 0.263 e. The molecule has 1 atom stereocenters. The van der Waals surface area contributed by atoms with Crippen LogP contribution in [0.2, 0.25) is 5.02 Å². The summed E-state index contributed by atoms with van der Waals surface area (Å²) < 4.78 is 7.37. The number of hydrogen-bond donors (Lipinski definition) is 1. The second kappa shape index (κ2) is 11.4. The summed E-state index contributed by atoms with van der Waals surface area (Å²) >= 11 is 7.13. The molecule has 0 radical (unpaired) electrons. The number of anilines is 1. The first kappa shape index (κ1) is 23.3. The highest BCUT2D eigenvalue weighted by molar-refractivity contribution is 7.17. The van der Waals surface area contributed by atoms with E-state index in [1.54, 1.807) is 29.7 Å². The number of nitrogens with one attached hydrogen (secondary N) is 1. The van der Waals surface area contributed by atoms with Gasteiger partial charge in [-0.3, -0.25) is 19.5 Å². The molecule has 11 heteroatoms. The van der Waals surface area contributed by atoms with Crippen LogP contribution in [0.3, 0.4) is 0 Å². The normalized spacial score (nSPS) is 15.5. The van der Waals surface area contributed by atoms with Gasteiger partial charge >= 0.3 is 0 Å². The molecule has 1 aliphatic rings. The number of carbonyl (C=O) groups excluding carboxylic acids is 2. The summed E-state index contributed by atoms with van der Waals surface area (Å²) in [6.45, 7) is 2.70. The van der Waals surface area contributed by atoms with Gasteiger partial charge in [0.2, 0.25) is 5.91 Å². The third kappa shape index (κ3) is 6.37. The highest BCUT2D eigenvalue weighted by Gasteiger charge is 2.30. The summed E-state index contributed by atoms with van der Waals surface area (Å²) in [5.74, 6) is -0.434. The van der Waals surface area contributed by atoms with Crippen molar-refractivity contribution >= 4 is 39.9 Å². The minimum atomic E-state index is -0.201. The minimum absolute atomic E-state index is 0.0388. The molecule has 1 fully saturated rings. The average Bonchev–Trinajstić information content (AvgIpc) is 3.61. The summed E-state index contributed by atoms with van der Waals surface area (Å²) in [5, 5.41) is 3.98. The minimum Gasteiger partial charge on any atom is -0.381 e. The van der Waals surface area contributed by atoms with E-state index in [0.717, 1.165) is 18.7 Å². The molecule has 4 heterocycles. The summed E-state index contributed by atoms with van der Waals surface area (Å²) in [5.41, 5.74) is 0.826. The first-order chi connectivity index (χ1) is 16.1. The Morgan fingerprint density at radius 3 is 2.94 bits per heavy atom. The molecule has 4 rings (SSSR count). The molecule has 0 spiro atoms. The number of carbonyl (C=O) groups is 2. The van der Waals surface area contributed by atoms with E-state index in [4.69, 9.17) is 16.3 Å². The van der Waals surface area contributed by atoms with Crippen LogP contribution in [0.4, 0.5) is 5.13 Å². The smallest absolute Gasteiger partial charge is 0.263 e. The quantitative estimate of drug-likeness (QED) is 0.440. The lowest BCUT2D eigenvalue weighted by Gasteiger charge is -2.22. The van der Waals surface area contributed by atoms with Gasteiger partial charge in [-0.25, -0.2) is 9.97 Å². The van der Waals surface area contributed by atoms with Crippen molar-refractivity contribution < 1.29 is 14.3 Å². The number of nitrogens with zero attached hydrogens (tertiary/aromatic N) is 5. The highest BCUT2D eigenvalue weighted by Crippen LogP contribution is 2.26. The first-order valence-electron chi connectivity index (χ1n) is 10.8. The number of hydrogen-bond acceptors (Lipinski definition) is 7. The number of pyridine rings is 1. The molecule has 1 unspecified atom stereocenters. The Morgan fingerprint density at radius 1 is 1.30 bits per heavy atom. The lowest BCUT2D eigenvalue weighted by molar-refractivity contribution is -0.122. The van der Waals surface area contributed by atoms with Crippen LogP contribution >= 0.6 is 22.9 Å². The predicted octanol–water partition coefficient (Wildman–Crippen LogP) is 2.82. The number of aryl methyl sites for hydroxylation is 1. The first-order valence-corrected chi connectivity index (χ1v) is 12.0. The molecule has 0 bridgehead atoms. The monoisotopic (exact) mass is 488 g/mol. The van der Waals surface area contributed by atoms with Gasteiger partial charge in [0.05, 0.1) is 30.1 Å². The molecule has 9 nitrogen and oxygen atoms in total. The number of rotatable bonds is 10. The van der Waals surface area contributed by atoms with E-state index >= 15 is 0 Å². The van der Waals surface area contributed by atoms with Crippen molar-refractivity contribution in [2.45, 2.75) is 25.8 Å². The van der Waals surface area contributed by atoms with E-state index in [1.165, 1.54) is 17.5 Å². The molecule has 174 valence electrons. The number of amides is 2. The van der Waals surface area contributed by atoms with Crippen molar-refractivity contribution in [3.8, 4) is 0 Å². The standard InChI is InChI=1S/C22H25ClN6O3S/c23-17-2-3-18(26-12-17)4-9-29(21(31)16-5-11-32-14-16)22-27-13-19(33-22)20(30)25-6-1-8-28-10-7-24-15-28/h2-3,7,10,12-13,15-16H,1,4-6,8-9,11,14H2,(H,25,30). The Bertz CT molecular complexity index is 1050. The van der Waals surface area contributed by atoms with Crippen molar-refractivity contribution in [3.63, 3.8) is 0 Å². The van der Waals surface area contributed by atoms with Crippen molar-refractivity contribution in [1.82, 2.24) is 24.8 Å². The molecule has 3 aromatic rings. The zero-order valence-corrected chi connectivity index (χ0v) is 19.6. The number of halogens is 1. The van der Waals surface area contributed by atoms with Gasteiger partial charge in [-0.2, -0.15) is 0 Å². The Kier molecular flexibility index (Phi) is 8.03. The van der Waals surface area contributed by atoms with Crippen molar-refractivity contribution in [3.05, 3.63) is 58.8 Å². The van der Waals surface area contributed by atoms with Crippen molar-refractivity contribution in [1.29, 1.82) is 0 Å². The van der Waals surface area contributed by atoms with Gasteiger partial charge in [-0.1, -0.05) is 22.9 Å². The topological polar surface area (TPSA) is 102 Å². The predicted molar refractivity (Wildman–Crippen MR) is 126 cm³/mol. The lowest BCUT2D eigenvalue weighted by atomic mass is 10.1. The molecule has 0 aromatic carbocycles. The number of thiazole rings is 1. The zero-order chi connectivity index (χ0) is 23.0. The third-order valence-electron chi connectivity index (χ3n) is 5.31. The lowest BCUT2D eigenvalue weighted by Crippen LogP contribution is -2.38. The highest BCUT2D eigenvalue weighted by atomic mass is 35.5. The molecule has 0 saturated carbocycles. The van der Waals surface area contributed by atoms with Crippen LogP contribution in [0.1, 0.15) is 28.2 Å². The van der Waals surface area contributed by atoms with Crippen molar-refractivity contribution in [2.24, 2.45) is 5.92 Å². The summed E-state index contributed by atoms with van der Waals surface area (Å²) in [6, 6.07) is 3.62. The Hall–Kier alpha value is -2.82. The van der Waals surface area contributed by atoms with Gasteiger partial charge in [0.1, 0.15) is 4.88 Å². The van der Waals surface area contributed by atoms with Gasteiger partial charge in [0.25, 0.3) is 5.91 Å². The number of imidazole rings is 1.